The molecule has 2 aliphatic rings. The summed E-state index contributed by atoms with van der Waals surface area (Å²) in [5.41, 5.74) is 1.32. The van der Waals surface area contributed by atoms with Gasteiger partial charge in [0.15, 0.2) is 0 Å². The van der Waals surface area contributed by atoms with Gasteiger partial charge < -0.3 is 20.1 Å². The standard InChI is InChI=1S/C28H45N3O4/c1-27(2,3)35-26(33)29-18-9-8-12-24(25(32)34-4)30-23-13-15-28(16-14-23)17-19-31(21-28)20-22-10-6-5-7-11-22/h5-7,10-11,23-24,30H,8-9,12-21H2,1-4H3,(H,29,33)/t23?,24-,28?/m1/s1. The van der Waals surface area contributed by atoms with Gasteiger partial charge in [-0.25, -0.2) is 4.79 Å². The molecule has 7 nitrogen and oxygen atoms in total. The highest BCUT2D eigenvalue weighted by Crippen LogP contribution is 2.44. The van der Waals surface area contributed by atoms with Crippen molar-refractivity contribution in [3.05, 3.63) is 35.9 Å². The summed E-state index contributed by atoms with van der Waals surface area (Å²) >= 11 is 0. The second kappa shape index (κ2) is 12.7. The third-order valence-electron chi connectivity index (χ3n) is 7.32. The van der Waals surface area contributed by atoms with E-state index in [4.69, 9.17) is 9.47 Å². The van der Waals surface area contributed by atoms with E-state index in [0.29, 0.717) is 24.4 Å². The highest BCUT2D eigenvalue weighted by atomic mass is 16.6. The largest absolute Gasteiger partial charge is 0.468 e. The van der Waals surface area contributed by atoms with E-state index in [1.807, 2.05) is 20.8 Å². The van der Waals surface area contributed by atoms with Crippen LogP contribution in [0.3, 0.4) is 0 Å². The fourth-order valence-corrected chi connectivity index (χ4v) is 5.48. The Kier molecular flexibility index (Phi) is 9.99. The second-order valence-corrected chi connectivity index (χ2v) is 11.4. The summed E-state index contributed by atoms with van der Waals surface area (Å²) in [7, 11) is 1.46. The number of benzene rings is 1. The zero-order chi connectivity index (χ0) is 25.3. The van der Waals surface area contributed by atoms with Crippen LogP contribution in [-0.4, -0.2) is 61.4 Å². The first-order chi connectivity index (χ1) is 16.7. The Labute approximate surface area is 211 Å². The van der Waals surface area contributed by atoms with Crippen LogP contribution in [0, 0.1) is 5.41 Å². The van der Waals surface area contributed by atoms with Crippen LogP contribution in [0.1, 0.15) is 77.7 Å². The minimum atomic E-state index is -0.499. The van der Waals surface area contributed by atoms with Crippen LogP contribution >= 0.6 is 0 Å². The zero-order valence-corrected chi connectivity index (χ0v) is 22.1. The molecule has 0 bridgehead atoms. The van der Waals surface area contributed by atoms with E-state index in [0.717, 1.165) is 32.2 Å². The molecular formula is C28H45N3O4. The number of carbonyl (C=O) groups is 2. The number of alkyl carbamates (subject to hydrolysis) is 1. The maximum Gasteiger partial charge on any atom is 0.407 e. The van der Waals surface area contributed by atoms with Gasteiger partial charge in [-0.3, -0.25) is 9.69 Å². The minimum absolute atomic E-state index is 0.194. The van der Waals surface area contributed by atoms with Crippen molar-refractivity contribution in [2.45, 2.75) is 96.4 Å². The number of esters is 1. The van der Waals surface area contributed by atoms with Gasteiger partial charge in [-0.15, -0.1) is 0 Å². The number of likely N-dealkylation sites (tertiary alicyclic amines) is 1. The molecule has 1 saturated carbocycles. The topological polar surface area (TPSA) is 79.9 Å². The smallest absolute Gasteiger partial charge is 0.407 e. The second-order valence-electron chi connectivity index (χ2n) is 11.4. The van der Waals surface area contributed by atoms with Crippen LogP contribution in [0.15, 0.2) is 30.3 Å². The molecule has 1 aliphatic heterocycles. The molecule has 1 heterocycles. The van der Waals surface area contributed by atoms with E-state index in [2.05, 4.69) is 45.9 Å². The fourth-order valence-electron chi connectivity index (χ4n) is 5.48. The number of nitrogens with zero attached hydrogens (tertiary/aromatic N) is 1. The van der Waals surface area contributed by atoms with Gasteiger partial charge in [0, 0.05) is 25.7 Å². The van der Waals surface area contributed by atoms with Crippen molar-refractivity contribution < 1.29 is 19.1 Å². The quantitative estimate of drug-likeness (QED) is 0.370. The predicted octanol–water partition coefficient (Wildman–Crippen LogP) is 4.65. The summed E-state index contributed by atoms with van der Waals surface area (Å²) in [6.45, 7) is 9.47. The number of ether oxygens (including phenoxy) is 2. The molecule has 0 unspecified atom stereocenters. The molecule has 1 saturated heterocycles. The maximum absolute atomic E-state index is 12.4. The zero-order valence-electron chi connectivity index (χ0n) is 22.1. The third-order valence-corrected chi connectivity index (χ3v) is 7.32. The van der Waals surface area contributed by atoms with Crippen molar-refractivity contribution in [2.75, 3.05) is 26.7 Å². The molecule has 1 aliphatic carbocycles. The molecule has 35 heavy (non-hydrogen) atoms. The third kappa shape index (κ3) is 9.12. The normalized spacial score (nSPS) is 23.7. The Bertz CT molecular complexity index is 800. The van der Waals surface area contributed by atoms with Gasteiger partial charge in [0.1, 0.15) is 11.6 Å². The summed E-state index contributed by atoms with van der Waals surface area (Å²) < 4.78 is 10.3. The lowest BCUT2D eigenvalue weighted by Crippen LogP contribution is -2.47. The number of nitrogens with one attached hydrogen (secondary N) is 2. The molecule has 3 rings (SSSR count). The Morgan fingerprint density at radius 2 is 1.83 bits per heavy atom. The first-order valence-corrected chi connectivity index (χ1v) is 13.3. The monoisotopic (exact) mass is 487 g/mol. The van der Waals surface area contributed by atoms with E-state index in [9.17, 15) is 9.59 Å². The van der Waals surface area contributed by atoms with Gasteiger partial charge in [0.2, 0.25) is 0 Å². The Morgan fingerprint density at radius 1 is 1.11 bits per heavy atom. The molecule has 2 N–H and O–H groups in total. The van der Waals surface area contributed by atoms with E-state index < -0.39 is 11.7 Å². The van der Waals surface area contributed by atoms with Crippen LogP contribution in [0.5, 0.6) is 0 Å². The minimum Gasteiger partial charge on any atom is -0.468 e. The predicted molar refractivity (Wildman–Crippen MR) is 138 cm³/mol. The van der Waals surface area contributed by atoms with Gasteiger partial charge in [-0.05, 0) is 89.7 Å². The highest BCUT2D eigenvalue weighted by Gasteiger charge is 2.41. The lowest BCUT2D eigenvalue weighted by Gasteiger charge is -2.38. The van der Waals surface area contributed by atoms with Crippen molar-refractivity contribution >= 4 is 12.1 Å². The number of amides is 1. The van der Waals surface area contributed by atoms with Crippen LogP contribution in [0.25, 0.3) is 0 Å². The first-order valence-electron chi connectivity index (χ1n) is 13.3. The molecule has 1 atom stereocenters. The first kappa shape index (κ1) is 27.5. The van der Waals surface area contributed by atoms with Crippen molar-refractivity contribution in [3.63, 3.8) is 0 Å². The van der Waals surface area contributed by atoms with Crippen LogP contribution in [-0.2, 0) is 20.8 Å². The molecule has 0 radical (unpaired) electrons. The van der Waals surface area contributed by atoms with Crippen LogP contribution in [0.2, 0.25) is 0 Å². The number of hydrogen-bond donors (Lipinski definition) is 2. The molecule has 1 aromatic rings. The van der Waals surface area contributed by atoms with E-state index in [-0.39, 0.29) is 12.0 Å². The highest BCUT2D eigenvalue weighted by molar-refractivity contribution is 5.75. The number of rotatable bonds is 10. The van der Waals surface area contributed by atoms with Crippen molar-refractivity contribution in [2.24, 2.45) is 5.41 Å². The SMILES string of the molecule is COC(=O)[C@@H](CCCCNC(=O)OC(C)(C)C)NC1CCC2(CC1)CCN(Cc1ccccc1)C2. The molecule has 1 spiro atoms. The number of hydrogen-bond acceptors (Lipinski definition) is 6. The van der Waals surface area contributed by atoms with Gasteiger partial charge in [-0.1, -0.05) is 30.3 Å². The molecule has 196 valence electrons. The summed E-state index contributed by atoms with van der Waals surface area (Å²) in [6.07, 6.45) is 7.83. The van der Waals surface area contributed by atoms with E-state index in [1.165, 1.54) is 45.0 Å². The number of carbonyl (C=O) groups excluding carboxylic acids is 2. The molecule has 2 fully saturated rings. The van der Waals surface area contributed by atoms with E-state index >= 15 is 0 Å². The molecule has 7 heteroatoms. The van der Waals surface area contributed by atoms with Crippen molar-refractivity contribution in [3.8, 4) is 0 Å². The fraction of sp³-hybridized carbons (Fsp3) is 0.714. The van der Waals surface area contributed by atoms with Crippen molar-refractivity contribution in [1.82, 2.24) is 15.5 Å². The molecule has 0 aromatic heterocycles. The molecule has 1 amide bonds. The van der Waals surface area contributed by atoms with Gasteiger partial charge in [0.25, 0.3) is 0 Å². The average Bonchev–Trinajstić information content (AvgIpc) is 3.20. The lowest BCUT2D eigenvalue weighted by atomic mass is 9.72. The average molecular weight is 488 g/mol. The Hall–Kier alpha value is -2.12. The van der Waals surface area contributed by atoms with Gasteiger partial charge >= 0.3 is 12.1 Å². The summed E-state index contributed by atoms with van der Waals surface area (Å²) in [5, 5.41) is 6.38. The van der Waals surface area contributed by atoms with Gasteiger partial charge in [-0.2, -0.15) is 0 Å². The number of methoxy groups -OCH3 is 1. The lowest BCUT2D eigenvalue weighted by molar-refractivity contribution is -0.143. The number of unbranched alkanes of at least 4 members (excludes halogenated alkanes) is 1. The van der Waals surface area contributed by atoms with Crippen LogP contribution in [0.4, 0.5) is 4.79 Å². The molecular weight excluding hydrogens is 442 g/mol. The summed E-state index contributed by atoms with van der Waals surface area (Å²) in [6, 6.07) is 10.8. The van der Waals surface area contributed by atoms with E-state index in [1.54, 1.807) is 0 Å². The summed E-state index contributed by atoms with van der Waals surface area (Å²) in [5.74, 6) is -0.194. The van der Waals surface area contributed by atoms with Crippen LogP contribution < -0.4 is 10.6 Å². The maximum atomic E-state index is 12.4. The molecule has 1 aromatic carbocycles. The van der Waals surface area contributed by atoms with Crippen molar-refractivity contribution in [1.29, 1.82) is 0 Å². The Morgan fingerprint density at radius 3 is 2.49 bits per heavy atom. The Balaban J connectivity index is 1.38. The van der Waals surface area contributed by atoms with Gasteiger partial charge in [0.05, 0.1) is 7.11 Å². The summed E-state index contributed by atoms with van der Waals surface area (Å²) in [4.78, 5) is 26.8.